The van der Waals surface area contributed by atoms with E-state index in [1.807, 2.05) is 0 Å². The summed E-state index contributed by atoms with van der Waals surface area (Å²) in [5, 5.41) is 8.67. The van der Waals surface area contributed by atoms with Gasteiger partial charge in [-0.3, -0.25) is 9.59 Å². The number of urea groups is 2. The summed E-state index contributed by atoms with van der Waals surface area (Å²) in [7, 11) is -5.10. The number of oxime groups is 2. The molecule has 21 heteroatoms. The third-order valence-electron chi connectivity index (χ3n) is 6.38. The Bertz CT molecular complexity index is 1110. The highest BCUT2D eigenvalue weighted by molar-refractivity contribution is 7.81. The van der Waals surface area contributed by atoms with Gasteiger partial charge in [0.1, 0.15) is 12.1 Å². The fraction of sp³-hybridized carbons (Fsp3) is 0.667. The van der Waals surface area contributed by atoms with Crippen LogP contribution in [0.25, 0.3) is 0 Å². The molecule has 216 valence electrons. The molecule has 0 aromatic rings. The van der Waals surface area contributed by atoms with Crippen molar-refractivity contribution in [2.75, 3.05) is 39.4 Å². The van der Waals surface area contributed by atoms with Gasteiger partial charge in [-0.2, -0.15) is 18.5 Å². The summed E-state index contributed by atoms with van der Waals surface area (Å²) < 4.78 is 35.9. The first-order valence-corrected chi connectivity index (χ1v) is 13.0. The highest BCUT2D eigenvalue weighted by Gasteiger charge is 2.54. The average molecular weight is 577 g/mol. The van der Waals surface area contributed by atoms with Crippen molar-refractivity contribution < 1.29 is 45.8 Å². The number of nitrogens with zero attached hydrogens (tertiary/aromatic N) is 6. The van der Waals surface area contributed by atoms with E-state index in [-0.39, 0.29) is 50.4 Å². The molecule has 0 aromatic heterocycles. The fourth-order valence-electron chi connectivity index (χ4n) is 4.62. The number of hydroxylamine groups is 4. The molecule has 4 saturated heterocycles. The second-order valence-electron chi connectivity index (χ2n) is 8.94. The van der Waals surface area contributed by atoms with Gasteiger partial charge in [0.05, 0.1) is 36.6 Å². The van der Waals surface area contributed by atoms with Crippen LogP contribution >= 0.6 is 0 Å². The van der Waals surface area contributed by atoms with Crippen LogP contribution in [0.1, 0.15) is 12.8 Å². The highest BCUT2D eigenvalue weighted by Crippen LogP contribution is 2.32. The molecule has 4 aliphatic heterocycles. The number of amides is 6. The number of nitrogens with two attached hydrogens (primary N) is 4. The van der Waals surface area contributed by atoms with Crippen molar-refractivity contribution in [2.45, 2.75) is 37.0 Å². The van der Waals surface area contributed by atoms with E-state index in [9.17, 15) is 27.6 Å². The monoisotopic (exact) mass is 576 g/mol. The van der Waals surface area contributed by atoms with Crippen LogP contribution in [0.2, 0.25) is 0 Å². The van der Waals surface area contributed by atoms with Crippen LogP contribution in [0.4, 0.5) is 9.59 Å². The molecule has 4 rings (SSSR count). The predicted molar refractivity (Wildman–Crippen MR) is 127 cm³/mol. The topological polar surface area (TPSA) is 281 Å². The minimum Gasteiger partial charge on any atom is -0.386 e. The zero-order valence-corrected chi connectivity index (χ0v) is 21.3. The van der Waals surface area contributed by atoms with Gasteiger partial charge in [-0.15, -0.1) is 8.57 Å². The van der Waals surface area contributed by atoms with Gasteiger partial charge >= 0.3 is 22.5 Å². The number of primary amides is 2. The minimum atomic E-state index is -5.10. The molecule has 4 aliphatic rings. The molecule has 0 spiro atoms. The van der Waals surface area contributed by atoms with Crippen molar-refractivity contribution >= 4 is 45.7 Å². The predicted octanol–water partition coefficient (Wildman–Crippen LogP) is -4.52. The van der Waals surface area contributed by atoms with Gasteiger partial charge in [-0.05, 0) is 0 Å². The van der Waals surface area contributed by atoms with Crippen molar-refractivity contribution in [1.82, 2.24) is 19.9 Å². The van der Waals surface area contributed by atoms with Crippen LogP contribution < -0.4 is 22.9 Å². The van der Waals surface area contributed by atoms with Crippen LogP contribution in [0, 0.1) is 0 Å². The molecule has 4 bridgehead atoms. The lowest BCUT2D eigenvalue weighted by Gasteiger charge is -2.30. The van der Waals surface area contributed by atoms with Crippen molar-refractivity contribution in [1.29, 1.82) is 0 Å². The Morgan fingerprint density at radius 1 is 0.795 bits per heavy atom. The smallest absolute Gasteiger partial charge is 0.386 e. The van der Waals surface area contributed by atoms with E-state index in [1.165, 1.54) is 9.80 Å². The average Bonchev–Trinajstić information content (AvgIpc) is 3.29. The first kappa shape index (κ1) is 28.2. The molecule has 20 nitrogen and oxygen atoms in total. The lowest BCUT2D eigenvalue weighted by Crippen LogP contribution is -2.48. The van der Waals surface area contributed by atoms with E-state index in [4.69, 9.17) is 41.2 Å². The van der Waals surface area contributed by atoms with Crippen LogP contribution in [0.15, 0.2) is 10.3 Å². The maximum Gasteiger partial charge on any atom is 0.442 e. The van der Waals surface area contributed by atoms with Crippen LogP contribution in [0.5, 0.6) is 0 Å². The second kappa shape index (κ2) is 11.1. The number of carbonyl (C=O) groups excluding carboxylic acids is 4. The first-order valence-electron chi connectivity index (χ1n) is 11.6. The second-order valence-corrected chi connectivity index (χ2v) is 10.1. The van der Waals surface area contributed by atoms with Gasteiger partial charge < -0.3 is 42.4 Å². The van der Waals surface area contributed by atoms with Gasteiger partial charge in [0.2, 0.25) is 0 Å². The molecule has 8 N–H and O–H groups in total. The van der Waals surface area contributed by atoms with E-state index in [2.05, 4.69) is 10.3 Å². The minimum absolute atomic E-state index is 0.0203. The van der Waals surface area contributed by atoms with Gasteiger partial charge in [0.25, 0.3) is 11.8 Å². The van der Waals surface area contributed by atoms with Gasteiger partial charge in [-0.1, -0.05) is 10.3 Å². The van der Waals surface area contributed by atoms with E-state index in [1.54, 1.807) is 0 Å². The Balaban J connectivity index is 1.53. The van der Waals surface area contributed by atoms with Gasteiger partial charge in [0.15, 0.2) is 13.2 Å². The van der Waals surface area contributed by atoms with E-state index < -0.39 is 71.7 Å². The van der Waals surface area contributed by atoms with E-state index in [0.29, 0.717) is 10.1 Å². The number of hydrogen-bond acceptors (Lipinski definition) is 14. The summed E-state index contributed by atoms with van der Waals surface area (Å²) in [5.74, 6) is -1.59. The summed E-state index contributed by atoms with van der Waals surface area (Å²) in [6.45, 7) is -1.14. The maximum atomic E-state index is 13.0. The Hall–Kier alpha value is -3.79. The summed E-state index contributed by atoms with van der Waals surface area (Å²) in [6.07, 6.45) is 0.222. The number of hydrogen-bond donors (Lipinski definition) is 4. The van der Waals surface area contributed by atoms with E-state index >= 15 is 0 Å². The van der Waals surface area contributed by atoms with Crippen LogP contribution in [-0.2, 0) is 38.2 Å². The Morgan fingerprint density at radius 2 is 1.18 bits per heavy atom. The molecule has 6 amide bonds. The molecule has 4 atom stereocenters. The Labute approximate surface area is 221 Å². The molecule has 0 radical (unpaired) electrons. The normalized spacial score (nSPS) is 28.6. The lowest BCUT2D eigenvalue weighted by molar-refractivity contribution is -0.123. The Morgan fingerprint density at radius 3 is 1.51 bits per heavy atom. The maximum absolute atomic E-state index is 13.0. The largest absolute Gasteiger partial charge is 0.442 e. The number of fused-ring (bicyclic) bond motifs is 4. The van der Waals surface area contributed by atoms with Crippen molar-refractivity contribution in [3.63, 3.8) is 0 Å². The summed E-state index contributed by atoms with van der Waals surface area (Å²) in [4.78, 5) is 60.3. The zero-order chi connectivity index (χ0) is 28.5. The first-order chi connectivity index (χ1) is 18.5. The SMILES string of the molecule is NC[C@@H]1C/C(=N\OCC(N)=O)[C@@H]2CN1C(=O)N2OS(=O)(=O)ON1C(=O)N2C[C@H]1/C(=N/OCC(N)=O)C[C@H]2CN. The molecular formula is C18H28N10O10S. The summed E-state index contributed by atoms with van der Waals surface area (Å²) >= 11 is 0. The molecule has 0 aliphatic carbocycles. The van der Waals surface area contributed by atoms with Crippen LogP contribution in [-0.4, -0.2) is 127 Å². The third-order valence-corrected chi connectivity index (χ3v) is 7.07. The van der Waals surface area contributed by atoms with Gasteiger partial charge in [0, 0.05) is 25.9 Å². The Kier molecular flexibility index (Phi) is 8.06. The third kappa shape index (κ3) is 5.80. The molecular weight excluding hydrogens is 548 g/mol. The molecule has 0 saturated carbocycles. The number of piperidine rings is 2. The quantitative estimate of drug-likeness (QED) is 0.160. The lowest BCUT2D eigenvalue weighted by atomic mass is 9.99. The highest BCUT2D eigenvalue weighted by atomic mass is 32.3. The van der Waals surface area contributed by atoms with Crippen LogP contribution in [0.3, 0.4) is 0 Å². The number of carbonyl (C=O) groups is 4. The number of rotatable bonds is 12. The molecule has 39 heavy (non-hydrogen) atoms. The molecule has 0 aromatic carbocycles. The van der Waals surface area contributed by atoms with Crippen molar-refractivity contribution in [3.8, 4) is 0 Å². The van der Waals surface area contributed by atoms with E-state index in [0.717, 1.165) is 0 Å². The standard InChI is InChI=1S/C18H28N10O10S/c19-3-9-1-11(23-35-7-15(21)29)13-5-25(9)17(31)27(13)37-39(33,34)38-28-14-6-26(18(28)32)10(4-20)2-12(14)24-36-8-16(22)30/h9-10,13-14H,1-8,19-20H2,(H2,21,29)(H2,22,30)/b23-11+,24-12+/t9-,10-,13-,14-/m0/s1. The van der Waals surface area contributed by atoms with Gasteiger partial charge in [-0.25, -0.2) is 9.59 Å². The summed E-state index contributed by atoms with van der Waals surface area (Å²) in [5.41, 5.74) is 21.9. The summed E-state index contributed by atoms with van der Waals surface area (Å²) in [6, 6.07) is -4.87. The molecule has 4 fully saturated rings. The molecule has 4 heterocycles. The molecule has 0 unspecified atom stereocenters. The van der Waals surface area contributed by atoms with Crippen molar-refractivity contribution in [3.05, 3.63) is 0 Å². The fourth-order valence-corrected chi connectivity index (χ4v) is 5.37. The zero-order valence-electron chi connectivity index (χ0n) is 20.4. The van der Waals surface area contributed by atoms with Crippen molar-refractivity contribution in [2.24, 2.45) is 33.2 Å².